The van der Waals surface area contributed by atoms with Gasteiger partial charge in [-0.15, -0.1) is 11.8 Å². The summed E-state index contributed by atoms with van der Waals surface area (Å²) in [5.41, 5.74) is -1.41. The van der Waals surface area contributed by atoms with Gasteiger partial charge in [0.2, 0.25) is 0 Å². The second-order valence-corrected chi connectivity index (χ2v) is 11.8. The van der Waals surface area contributed by atoms with Crippen LogP contribution in [0.5, 0.6) is 5.75 Å². The van der Waals surface area contributed by atoms with E-state index in [1.165, 1.54) is 53.4 Å². The number of hydrogen-bond acceptors (Lipinski definition) is 7. The van der Waals surface area contributed by atoms with Gasteiger partial charge in [0, 0.05) is 5.25 Å². The fourth-order valence-corrected chi connectivity index (χ4v) is 5.62. The summed E-state index contributed by atoms with van der Waals surface area (Å²) in [4.78, 5) is 3.89. The van der Waals surface area contributed by atoms with Gasteiger partial charge in [-0.1, -0.05) is 49.4 Å². The molecule has 3 aromatic rings. The van der Waals surface area contributed by atoms with Gasteiger partial charge in [0.1, 0.15) is 24.0 Å². The third-order valence-electron chi connectivity index (χ3n) is 6.84. The Kier molecular flexibility index (Phi) is 11.3. The van der Waals surface area contributed by atoms with Crippen molar-refractivity contribution in [1.29, 1.82) is 0 Å². The number of alkyl halides is 7. The molecule has 1 saturated heterocycles. The molecule has 15 heteroatoms. The van der Waals surface area contributed by atoms with E-state index in [-0.39, 0.29) is 30.8 Å². The Hall–Kier alpha value is -3.40. The molecule has 1 fully saturated rings. The predicted molar refractivity (Wildman–Crippen MR) is 153 cm³/mol. The Bertz CT molecular complexity index is 1400. The van der Waals surface area contributed by atoms with E-state index in [0.717, 1.165) is 12.1 Å². The van der Waals surface area contributed by atoms with Gasteiger partial charge in [-0.3, -0.25) is 0 Å². The van der Waals surface area contributed by atoms with E-state index >= 15 is 0 Å². The maximum Gasteiger partial charge on any atom is 0.416 e. The van der Waals surface area contributed by atoms with Crippen molar-refractivity contribution in [2.45, 2.75) is 54.4 Å². The minimum atomic E-state index is -4.51. The minimum Gasteiger partial charge on any atom is -0.487 e. The average molecular weight is 662 g/mol. The average Bonchev–Trinajstić information content (AvgIpc) is 3.52. The van der Waals surface area contributed by atoms with Crippen molar-refractivity contribution in [3.8, 4) is 5.75 Å². The van der Waals surface area contributed by atoms with Gasteiger partial charge < -0.3 is 19.3 Å². The first-order chi connectivity index (χ1) is 21.3. The zero-order valence-corrected chi connectivity index (χ0v) is 24.6. The third-order valence-corrected chi connectivity index (χ3v) is 8.30. The summed E-state index contributed by atoms with van der Waals surface area (Å²) in [5, 5.41) is 15.1. The zero-order chi connectivity index (χ0) is 32.7. The van der Waals surface area contributed by atoms with E-state index in [1.54, 1.807) is 43.4 Å². The Balaban J connectivity index is 1.29. The molecule has 7 nitrogen and oxygen atoms in total. The van der Waals surface area contributed by atoms with Crippen molar-refractivity contribution in [2.24, 2.45) is 0 Å². The highest BCUT2D eigenvalue weighted by Gasteiger charge is 2.42. The number of halogens is 7. The molecule has 0 spiro atoms. The molecule has 1 aliphatic rings. The van der Waals surface area contributed by atoms with Crippen molar-refractivity contribution in [2.75, 3.05) is 19.8 Å². The largest absolute Gasteiger partial charge is 0.487 e. The van der Waals surface area contributed by atoms with Gasteiger partial charge in [0.15, 0.2) is 12.9 Å². The monoisotopic (exact) mass is 661 g/mol. The molecule has 244 valence electrons. The van der Waals surface area contributed by atoms with E-state index in [2.05, 4.69) is 10.1 Å². The minimum absolute atomic E-state index is 0.0324. The van der Waals surface area contributed by atoms with E-state index in [9.17, 15) is 35.8 Å². The molecular weight excluding hydrogens is 631 g/mol. The lowest BCUT2D eigenvalue weighted by Gasteiger charge is -2.37. The van der Waals surface area contributed by atoms with Gasteiger partial charge >= 0.3 is 18.5 Å². The number of rotatable bonds is 13. The first kappa shape index (κ1) is 34.5. The second-order valence-electron chi connectivity index (χ2n) is 10.2. The maximum absolute atomic E-state index is 13.1. The zero-order valence-electron chi connectivity index (χ0n) is 23.8. The first-order valence-corrected chi connectivity index (χ1v) is 14.6. The fourth-order valence-electron chi connectivity index (χ4n) is 4.29. The normalized spacial score (nSPS) is 20.1. The first-order valence-electron chi connectivity index (χ1n) is 13.6. The van der Waals surface area contributed by atoms with Crippen molar-refractivity contribution < 1.29 is 50.1 Å². The fraction of sp³-hybridized carbons (Fsp3) is 0.400. The Morgan fingerprint density at radius 1 is 1.00 bits per heavy atom. The summed E-state index contributed by atoms with van der Waals surface area (Å²) in [7, 11) is 0. The molecule has 2 atom stereocenters. The third kappa shape index (κ3) is 9.55. The molecule has 0 unspecified atom stereocenters. The summed E-state index contributed by atoms with van der Waals surface area (Å²) < 4.78 is 108. The molecule has 0 aliphatic carbocycles. The van der Waals surface area contributed by atoms with Crippen LogP contribution in [0.1, 0.15) is 23.6 Å². The molecule has 0 radical (unpaired) electrons. The highest BCUT2D eigenvalue weighted by atomic mass is 32.2. The van der Waals surface area contributed by atoms with Gasteiger partial charge in [-0.25, -0.2) is 18.4 Å². The molecule has 2 aromatic carbocycles. The highest BCUT2D eigenvalue weighted by molar-refractivity contribution is 8.00. The standard InChI is InChI=1S/C30H30F7N3O4S/c1-20(28(41,16-40-19-38-18-39-40)22-8-10-23(11-9-22)30(35,36)37)45-25-14-42-26(43-15-25)5-3-2-4-21-6-12-24(13-7-21)44-17-29(33,34)27(31)32/h2-13,18-20,25-27,41H,14-17H2,1H3/t20-,25-,26-,28-/m1/s1. The molecule has 1 N–H and O–H groups in total. The van der Waals surface area contributed by atoms with Gasteiger partial charge in [-0.2, -0.15) is 27.1 Å². The summed E-state index contributed by atoms with van der Waals surface area (Å²) in [6, 6.07) is 10.3. The lowest BCUT2D eigenvalue weighted by Crippen LogP contribution is -2.43. The van der Waals surface area contributed by atoms with Crippen LogP contribution >= 0.6 is 11.8 Å². The van der Waals surface area contributed by atoms with E-state index in [4.69, 9.17) is 14.2 Å². The van der Waals surface area contributed by atoms with Crippen LogP contribution in [0.15, 0.2) is 79.4 Å². The molecule has 0 saturated carbocycles. The van der Waals surface area contributed by atoms with Crippen molar-refractivity contribution in [1.82, 2.24) is 14.8 Å². The van der Waals surface area contributed by atoms with Crippen LogP contribution in [0, 0.1) is 0 Å². The Labute approximate surface area is 258 Å². The van der Waals surface area contributed by atoms with E-state index < -0.39 is 47.8 Å². The molecular formula is C30H30F7N3O4S. The molecule has 0 amide bonds. The molecule has 4 rings (SSSR count). The van der Waals surface area contributed by atoms with Crippen molar-refractivity contribution in [3.05, 3.63) is 96.1 Å². The lowest BCUT2D eigenvalue weighted by atomic mass is 9.90. The lowest BCUT2D eigenvalue weighted by molar-refractivity contribution is -0.148. The summed E-state index contributed by atoms with van der Waals surface area (Å²) in [6.45, 7) is 0.875. The van der Waals surface area contributed by atoms with Crippen LogP contribution in [-0.2, 0) is 27.8 Å². The number of hydrogen-bond donors (Lipinski definition) is 1. The quantitative estimate of drug-likeness (QED) is 0.164. The smallest absolute Gasteiger partial charge is 0.416 e. The molecule has 1 aromatic heterocycles. The Morgan fingerprint density at radius 2 is 1.64 bits per heavy atom. The summed E-state index contributed by atoms with van der Waals surface area (Å²) in [5.74, 6) is -4.20. The number of allylic oxidation sites excluding steroid dienone is 2. The Morgan fingerprint density at radius 3 is 2.22 bits per heavy atom. The number of nitrogens with zero attached hydrogens (tertiary/aromatic N) is 3. The molecule has 0 bridgehead atoms. The maximum atomic E-state index is 13.1. The topological polar surface area (TPSA) is 78.6 Å². The SMILES string of the molecule is C[C@@H](S[C@H]1CO[C@H](C=CC=Cc2ccc(OCC(F)(F)C(F)F)cc2)OC1)[C@](O)(Cn1cncn1)c1ccc(C(F)(F)F)cc1. The second kappa shape index (κ2) is 14.8. The van der Waals surface area contributed by atoms with Gasteiger partial charge in [0.25, 0.3) is 0 Å². The number of benzene rings is 2. The predicted octanol–water partition coefficient (Wildman–Crippen LogP) is 6.60. The highest BCUT2D eigenvalue weighted by Crippen LogP contribution is 2.39. The molecule has 45 heavy (non-hydrogen) atoms. The molecule has 2 heterocycles. The van der Waals surface area contributed by atoms with Crippen LogP contribution in [0.2, 0.25) is 0 Å². The van der Waals surface area contributed by atoms with Crippen molar-refractivity contribution in [3.63, 3.8) is 0 Å². The van der Waals surface area contributed by atoms with Crippen LogP contribution < -0.4 is 4.74 Å². The summed E-state index contributed by atoms with van der Waals surface area (Å²) >= 11 is 1.38. The molecule has 1 aliphatic heterocycles. The number of thioether (sulfide) groups is 1. The van der Waals surface area contributed by atoms with Crippen LogP contribution in [0.25, 0.3) is 6.08 Å². The van der Waals surface area contributed by atoms with E-state index in [0.29, 0.717) is 11.1 Å². The van der Waals surface area contributed by atoms with Crippen LogP contribution in [0.4, 0.5) is 30.7 Å². The van der Waals surface area contributed by atoms with E-state index in [1.807, 2.05) is 0 Å². The summed E-state index contributed by atoms with van der Waals surface area (Å²) in [6.07, 6.45) is 0.538. The van der Waals surface area contributed by atoms with Crippen LogP contribution in [0.3, 0.4) is 0 Å². The van der Waals surface area contributed by atoms with Crippen molar-refractivity contribution >= 4 is 17.8 Å². The van der Waals surface area contributed by atoms with Crippen LogP contribution in [-0.4, -0.2) is 68.8 Å². The number of aliphatic hydroxyl groups is 1. The van der Waals surface area contributed by atoms with Gasteiger partial charge in [-0.05, 0) is 41.5 Å². The number of aromatic nitrogens is 3. The van der Waals surface area contributed by atoms with Gasteiger partial charge in [0.05, 0.1) is 30.6 Å². The number of ether oxygens (including phenoxy) is 3.